The molecule has 1 amide bonds. The van der Waals surface area contributed by atoms with E-state index in [1.807, 2.05) is 32.0 Å². The Morgan fingerprint density at radius 3 is 2.93 bits per heavy atom. The summed E-state index contributed by atoms with van der Waals surface area (Å²) in [5.41, 5.74) is 6.54. The van der Waals surface area contributed by atoms with Crippen LogP contribution in [-0.4, -0.2) is 34.9 Å². The van der Waals surface area contributed by atoms with Crippen molar-refractivity contribution in [2.75, 3.05) is 13.7 Å². The van der Waals surface area contributed by atoms with E-state index in [1.54, 1.807) is 7.11 Å². The van der Waals surface area contributed by atoms with Gasteiger partial charge in [-0.3, -0.25) is 9.89 Å². The Kier molecular flexibility index (Phi) is 4.43. The number of carbonyl (C=O) groups is 1. The Labute approximate surface area is 157 Å². The summed E-state index contributed by atoms with van der Waals surface area (Å²) in [7, 11) is 1.66. The molecule has 7 nitrogen and oxygen atoms in total. The molecule has 1 aliphatic carbocycles. The molecule has 0 radical (unpaired) electrons. The van der Waals surface area contributed by atoms with Gasteiger partial charge in [0, 0.05) is 23.2 Å². The zero-order valence-electron chi connectivity index (χ0n) is 15.7. The van der Waals surface area contributed by atoms with E-state index < -0.39 is 0 Å². The highest BCUT2D eigenvalue weighted by Crippen LogP contribution is 2.35. The van der Waals surface area contributed by atoms with Crippen LogP contribution >= 0.6 is 0 Å². The van der Waals surface area contributed by atoms with Crippen molar-refractivity contribution in [2.45, 2.75) is 33.1 Å². The van der Waals surface area contributed by atoms with E-state index in [0.29, 0.717) is 18.7 Å². The lowest BCUT2D eigenvalue weighted by atomic mass is 9.89. The lowest BCUT2D eigenvalue weighted by molar-refractivity contribution is 0.0948. The van der Waals surface area contributed by atoms with Gasteiger partial charge in [0.2, 0.25) is 0 Å². The minimum absolute atomic E-state index is 0.132. The molecule has 140 valence electrons. The van der Waals surface area contributed by atoms with Gasteiger partial charge in [0.15, 0.2) is 0 Å². The predicted octanol–water partition coefficient (Wildman–Crippen LogP) is 2.76. The van der Waals surface area contributed by atoms with Gasteiger partial charge in [0.05, 0.1) is 18.5 Å². The van der Waals surface area contributed by atoms with E-state index in [4.69, 9.17) is 9.26 Å². The number of hydrogen-bond donors (Lipinski definition) is 2. The third kappa shape index (κ3) is 3.09. The highest BCUT2D eigenvalue weighted by molar-refractivity contribution is 5.96. The number of aromatic nitrogens is 3. The molecule has 0 fully saturated rings. The van der Waals surface area contributed by atoms with Crippen molar-refractivity contribution in [1.29, 1.82) is 0 Å². The van der Waals surface area contributed by atoms with Crippen molar-refractivity contribution < 1.29 is 14.1 Å². The molecule has 2 N–H and O–H groups in total. The largest absolute Gasteiger partial charge is 0.497 e. The molecule has 2 aromatic heterocycles. The van der Waals surface area contributed by atoms with Gasteiger partial charge in [-0.25, -0.2) is 0 Å². The highest BCUT2D eigenvalue weighted by atomic mass is 16.5. The average molecular weight is 366 g/mol. The van der Waals surface area contributed by atoms with Gasteiger partial charge in [0.1, 0.15) is 17.2 Å². The van der Waals surface area contributed by atoms with Crippen LogP contribution in [0.2, 0.25) is 0 Å². The van der Waals surface area contributed by atoms with Crippen LogP contribution in [0.5, 0.6) is 5.75 Å². The fourth-order valence-electron chi connectivity index (χ4n) is 3.66. The Morgan fingerprint density at radius 1 is 1.33 bits per heavy atom. The third-order valence-electron chi connectivity index (χ3n) is 5.15. The van der Waals surface area contributed by atoms with E-state index in [1.165, 1.54) is 5.56 Å². The molecule has 0 unspecified atom stereocenters. The molecule has 4 rings (SSSR count). The van der Waals surface area contributed by atoms with Gasteiger partial charge in [-0.15, -0.1) is 0 Å². The number of aryl methyl sites for hydroxylation is 3. The fourth-order valence-corrected chi connectivity index (χ4v) is 3.66. The van der Waals surface area contributed by atoms with Gasteiger partial charge >= 0.3 is 0 Å². The predicted molar refractivity (Wildman–Crippen MR) is 100.0 cm³/mol. The quantitative estimate of drug-likeness (QED) is 0.724. The van der Waals surface area contributed by atoms with Crippen molar-refractivity contribution in [1.82, 2.24) is 20.7 Å². The molecule has 0 bridgehead atoms. The first-order valence-electron chi connectivity index (χ1n) is 9.03. The van der Waals surface area contributed by atoms with Crippen LogP contribution in [0.25, 0.3) is 11.3 Å². The van der Waals surface area contributed by atoms with E-state index >= 15 is 0 Å². The fraction of sp³-hybridized carbons (Fsp3) is 0.350. The minimum Gasteiger partial charge on any atom is -0.497 e. The standard InChI is InChI=1S/C20H22N4O3/c1-11-15(12(2)27-24-11)8-9-21-20(25)19-17-6-4-13-10-14(26-3)5-7-16(13)18(17)22-23-19/h5,7,10H,4,6,8-9H2,1-3H3,(H,21,25)(H,22,23). The van der Waals surface area contributed by atoms with Crippen molar-refractivity contribution in [2.24, 2.45) is 0 Å². The molecular formula is C20H22N4O3. The van der Waals surface area contributed by atoms with Crippen LogP contribution in [-0.2, 0) is 19.3 Å². The lowest BCUT2D eigenvalue weighted by Gasteiger charge is -2.17. The molecule has 0 aliphatic heterocycles. The second-order valence-corrected chi connectivity index (χ2v) is 6.76. The van der Waals surface area contributed by atoms with Crippen molar-refractivity contribution in [3.05, 3.63) is 52.0 Å². The molecule has 0 saturated heterocycles. The maximum Gasteiger partial charge on any atom is 0.269 e. The monoisotopic (exact) mass is 366 g/mol. The highest BCUT2D eigenvalue weighted by Gasteiger charge is 2.25. The van der Waals surface area contributed by atoms with Gasteiger partial charge in [-0.1, -0.05) is 5.16 Å². The summed E-state index contributed by atoms with van der Waals surface area (Å²) < 4.78 is 10.5. The van der Waals surface area contributed by atoms with Crippen LogP contribution in [0.15, 0.2) is 22.7 Å². The van der Waals surface area contributed by atoms with Crippen LogP contribution in [0.1, 0.15) is 38.6 Å². The number of nitrogens with zero attached hydrogens (tertiary/aromatic N) is 2. The van der Waals surface area contributed by atoms with Crippen LogP contribution in [0.4, 0.5) is 0 Å². The molecule has 2 heterocycles. The maximum atomic E-state index is 12.6. The number of methoxy groups -OCH3 is 1. The summed E-state index contributed by atoms with van der Waals surface area (Å²) in [4.78, 5) is 12.6. The van der Waals surface area contributed by atoms with Crippen molar-refractivity contribution in [3.8, 4) is 17.0 Å². The summed E-state index contributed by atoms with van der Waals surface area (Å²) in [6, 6.07) is 5.97. The zero-order chi connectivity index (χ0) is 19.0. The molecule has 1 aliphatic rings. The lowest BCUT2D eigenvalue weighted by Crippen LogP contribution is -2.27. The van der Waals surface area contributed by atoms with E-state index in [0.717, 1.165) is 52.4 Å². The smallest absolute Gasteiger partial charge is 0.269 e. The molecule has 3 aromatic rings. The number of hydrogen-bond acceptors (Lipinski definition) is 5. The number of carbonyl (C=O) groups excluding carboxylic acids is 1. The van der Waals surface area contributed by atoms with Gasteiger partial charge in [-0.05, 0) is 56.9 Å². The molecule has 0 saturated carbocycles. The van der Waals surface area contributed by atoms with Crippen molar-refractivity contribution >= 4 is 5.91 Å². The van der Waals surface area contributed by atoms with E-state index in [9.17, 15) is 4.79 Å². The summed E-state index contributed by atoms with van der Waals surface area (Å²) in [6.07, 6.45) is 2.32. The van der Waals surface area contributed by atoms with Crippen molar-refractivity contribution in [3.63, 3.8) is 0 Å². The first-order chi connectivity index (χ1) is 13.1. The molecule has 27 heavy (non-hydrogen) atoms. The van der Waals surface area contributed by atoms with E-state index in [2.05, 4.69) is 20.7 Å². The number of amides is 1. The molecular weight excluding hydrogens is 344 g/mol. The zero-order valence-corrected chi connectivity index (χ0v) is 15.7. The number of aromatic amines is 1. The van der Waals surface area contributed by atoms with Gasteiger partial charge in [0.25, 0.3) is 5.91 Å². The van der Waals surface area contributed by atoms with Gasteiger partial charge in [-0.2, -0.15) is 5.10 Å². The maximum absolute atomic E-state index is 12.6. The number of H-pyrrole nitrogens is 1. The Hall–Kier alpha value is -3.09. The third-order valence-corrected chi connectivity index (χ3v) is 5.15. The second kappa shape index (κ2) is 6.90. The van der Waals surface area contributed by atoms with Crippen LogP contribution in [0, 0.1) is 13.8 Å². The van der Waals surface area contributed by atoms with Gasteiger partial charge < -0.3 is 14.6 Å². The molecule has 1 aromatic carbocycles. The topological polar surface area (TPSA) is 93.0 Å². The molecule has 7 heteroatoms. The number of benzene rings is 1. The minimum atomic E-state index is -0.132. The molecule has 0 spiro atoms. The second-order valence-electron chi connectivity index (χ2n) is 6.76. The number of rotatable bonds is 5. The average Bonchev–Trinajstić information content (AvgIpc) is 3.25. The SMILES string of the molecule is COc1ccc2c(c1)CCc1c-2n[nH]c1C(=O)NCCc1c(C)noc1C. The normalized spacial score (nSPS) is 12.4. The van der Waals surface area contributed by atoms with E-state index in [-0.39, 0.29) is 5.91 Å². The first kappa shape index (κ1) is 17.3. The Balaban J connectivity index is 1.49. The summed E-state index contributed by atoms with van der Waals surface area (Å²) >= 11 is 0. The molecule has 0 atom stereocenters. The number of ether oxygens (including phenoxy) is 1. The summed E-state index contributed by atoms with van der Waals surface area (Å²) in [6.45, 7) is 4.31. The van der Waals surface area contributed by atoms with Crippen LogP contribution in [0.3, 0.4) is 0 Å². The van der Waals surface area contributed by atoms with Crippen LogP contribution < -0.4 is 10.1 Å². The number of fused-ring (bicyclic) bond motifs is 3. The Bertz CT molecular complexity index is 983. The summed E-state index contributed by atoms with van der Waals surface area (Å²) in [5.74, 6) is 1.50. The summed E-state index contributed by atoms with van der Waals surface area (Å²) in [5, 5.41) is 14.2. The first-order valence-corrected chi connectivity index (χ1v) is 9.03. The Morgan fingerprint density at radius 2 is 2.19 bits per heavy atom. The number of nitrogens with one attached hydrogen (secondary N) is 2.